The molecule has 3 atom stereocenters. The molecule has 0 heterocycles. The molecule has 8 heteroatoms. The zero-order valence-electron chi connectivity index (χ0n) is 6.48. The van der Waals surface area contributed by atoms with E-state index in [0.29, 0.717) is 0 Å². The van der Waals surface area contributed by atoms with Crippen molar-refractivity contribution in [3.05, 3.63) is 10.4 Å². The second-order valence-corrected chi connectivity index (χ2v) is 2.29. The number of hydrogen-bond acceptors (Lipinski definition) is 6. The van der Waals surface area contributed by atoms with Gasteiger partial charge < -0.3 is 20.4 Å². The summed E-state index contributed by atoms with van der Waals surface area (Å²) in [7, 11) is 0. The van der Waals surface area contributed by atoms with E-state index in [1.54, 1.807) is 0 Å². The standard InChI is InChI=1S/C5H9N3O5/c6-8-7-5(13,2-10)4(12)3(11)1-9/h2-4,9,11-13H,1H2. The minimum atomic E-state index is -2.75. The van der Waals surface area contributed by atoms with Gasteiger partial charge >= 0.3 is 0 Å². The van der Waals surface area contributed by atoms with Gasteiger partial charge in [0, 0.05) is 4.91 Å². The summed E-state index contributed by atoms with van der Waals surface area (Å²) in [6.45, 7) is -0.877. The first-order valence-electron chi connectivity index (χ1n) is 3.23. The van der Waals surface area contributed by atoms with Crippen LogP contribution in [0.5, 0.6) is 0 Å². The summed E-state index contributed by atoms with van der Waals surface area (Å²) in [5.41, 5.74) is 5.17. The molecule has 0 aliphatic carbocycles. The third kappa shape index (κ3) is 2.65. The van der Waals surface area contributed by atoms with E-state index >= 15 is 0 Å². The molecule has 0 saturated heterocycles. The van der Waals surface area contributed by atoms with Crippen molar-refractivity contribution in [3.63, 3.8) is 0 Å². The summed E-state index contributed by atoms with van der Waals surface area (Å²) in [6.07, 6.45) is -4.05. The zero-order valence-corrected chi connectivity index (χ0v) is 6.48. The Kier molecular flexibility index (Phi) is 4.32. The van der Waals surface area contributed by atoms with Crippen LogP contribution in [0, 0.1) is 0 Å². The zero-order chi connectivity index (χ0) is 10.5. The molecule has 0 bridgehead atoms. The first-order valence-corrected chi connectivity index (χ1v) is 3.23. The minimum absolute atomic E-state index is 0.226. The van der Waals surface area contributed by atoms with Crippen molar-refractivity contribution in [2.24, 2.45) is 5.11 Å². The number of carbonyl (C=O) groups excluding carboxylic acids is 1. The highest BCUT2D eigenvalue weighted by Crippen LogP contribution is 2.13. The molecule has 0 aliphatic heterocycles. The average Bonchev–Trinajstić information content (AvgIpc) is 2.15. The van der Waals surface area contributed by atoms with Crippen LogP contribution in [-0.2, 0) is 4.79 Å². The topological polar surface area (TPSA) is 147 Å². The molecule has 0 aromatic carbocycles. The summed E-state index contributed by atoms with van der Waals surface area (Å²) in [5, 5.41) is 37.9. The van der Waals surface area contributed by atoms with Crippen LogP contribution in [0.2, 0.25) is 0 Å². The van der Waals surface area contributed by atoms with E-state index in [0.717, 1.165) is 0 Å². The van der Waals surface area contributed by atoms with Crippen LogP contribution in [0.3, 0.4) is 0 Å². The third-order valence-electron chi connectivity index (χ3n) is 1.37. The Bertz CT molecular complexity index is 228. The van der Waals surface area contributed by atoms with Crippen molar-refractivity contribution >= 4 is 6.29 Å². The van der Waals surface area contributed by atoms with Crippen molar-refractivity contribution in [2.45, 2.75) is 17.9 Å². The van der Waals surface area contributed by atoms with Gasteiger partial charge in [0.25, 0.3) is 0 Å². The quantitative estimate of drug-likeness (QED) is 0.170. The Morgan fingerprint density at radius 1 is 1.62 bits per heavy atom. The Labute approximate surface area is 72.7 Å². The molecule has 0 aromatic heterocycles. The van der Waals surface area contributed by atoms with Crippen molar-refractivity contribution in [1.29, 1.82) is 0 Å². The van der Waals surface area contributed by atoms with E-state index < -0.39 is 24.5 Å². The fourth-order valence-electron chi connectivity index (χ4n) is 0.607. The lowest BCUT2D eigenvalue weighted by Crippen LogP contribution is -2.50. The van der Waals surface area contributed by atoms with Crippen LogP contribution in [0.4, 0.5) is 0 Å². The van der Waals surface area contributed by atoms with Crippen LogP contribution in [-0.4, -0.2) is 51.3 Å². The molecule has 74 valence electrons. The first-order chi connectivity index (χ1) is 6.01. The molecule has 13 heavy (non-hydrogen) atoms. The molecule has 0 amide bonds. The minimum Gasteiger partial charge on any atom is -0.394 e. The SMILES string of the molecule is [N-]=[N+]=NC(O)(C=O)C(O)C(O)CO. The number of nitrogens with zero attached hydrogens (tertiary/aromatic N) is 3. The van der Waals surface area contributed by atoms with Crippen LogP contribution >= 0.6 is 0 Å². The van der Waals surface area contributed by atoms with Gasteiger partial charge in [-0.1, -0.05) is 0 Å². The van der Waals surface area contributed by atoms with E-state index in [2.05, 4.69) is 10.0 Å². The van der Waals surface area contributed by atoms with Crippen molar-refractivity contribution in [2.75, 3.05) is 6.61 Å². The van der Waals surface area contributed by atoms with Crippen LogP contribution in [0.15, 0.2) is 5.11 Å². The highest BCUT2D eigenvalue weighted by Gasteiger charge is 2.39. The summed E-state index contributed by atoms with van der Waals surface area (Å²) >= 11 is 0. The largest absolute Gasteiger partial charge is 0.394 e. The molecular weight excluding hydrogens is 182 g/mol. The lowest BCUT2D eigenvalue weighted by molar-refractivity contribution is -0.151. The van der Waals surface area contributed by atoms with Crippen molar-refractivity contribution in [3.8, 4) is 0 Å². The third-order valence-corrected chi connectivity index (χ3v) is 1.37. The average molecular weight is 191 g/mol. The highest BCUT2D eigenvalue weighted by atomic mass is 16.4. The van der Waals surface area contributed by atoms with Crippen LogP contribution in [0.1, 0.15) is 0 Å². The molecule has 0 fully saturated rings. The van der Waals surface area contributed by atoms with Crippen LogP contribution < -0.4 is 0 Å². The Balaban J connectivity index is 4.74. The number of carbonyl (C=O) groups is 1. The molecular formula is C5H9N3O5. The van der Waals surface area contributed by atoms with Gasteiger partial charge in [0.2, 0.25) is 5.72 Å². The number of hydrogen-bond donors (Lipinski definition) is 4. The monoisotopic (exact) mass is 191 g/mol. The molecule has 0 rings (SSSR count). The maximum Gasteiger partial charge on any atom is 0.227 e. The Morgan fingerprint density at radius 3 is 2.46 bits per heavy atom. The van der Waals surface area contributed by atoms with Gasteiger partial charge in [-0.15, -0.1) is 0 Å². The Hall–Kier alpha value is -1.18. The number of rotatable bonds is 5. The normalized spacial score (nSPS) is 19.4. The fraction of sp³-hybridized carbons (Fsp3) is 0.800. The molecule has 8 nitrogen and oxygen atoms in total. The van der Waals surface area contributed by atoms with E-state index in [-0.39, 0.29) is 6.29 Å². The smallest absolute Gasteiger partial charge is 0.227 e. The number of azide groups is 1. The summed E-state index contributed by atoms with van der Waals surface area (Å²) in [4.78, 5) is 12.3. The predicted octanol–water partition coefficient (Wildman–Crippen LogP) is -2.10. The predicted molar refractivity (Wildman–Crippen MR) is 39.3 cm³/mol. The first kappa shape index (κ1) is 11.8. The number of aldehydes is 1. The maximum atomic E-state index is 10.2. The van der Waals surface area contributed by atoms with Gasteiger partial charge in [0.15, 0.2) is 6.29 Å². The molecule has 0 saturated carbocycles. The lowest BCUT2D eigenvalue weighted by atomic mass is 10.0. The summed E-state index contributed by atoms with van der Waals surface area (Å²) in [6, 6.07) is 0. The van der Waals surface area contributed by atoms with Crippen LogP contribution in [0.25, 0.3) is 10.4 Å². The van der Waals surface area contributed by atoms with Crippen molar-refractivity contribution < 1.29 is 25.2 Å². The molecule has 0 aromatic rings. The molecule has 4 N–H and O–H groups in total. The fourth-order valence-corrected chi connectivity index (χ4v) is 0.607. The van der Waals surface area contributed by atoms with E-state index in [1.807, 2.05) is 0 Å². The lowest BCUT2D eigenvalue weighted by Gasteiger charge is -2.25. The second-order valence-electron chi connectivity index (χ2n) is 2.29. The number of aliphatic hydroxyl groups is 4. The van der Waals surface area contributed by atoms with Gasteiger partial charge in [-0.05, 0) is 10.6 Å². The van der Waals surface area contributed by atoms with Gasteiger partial charge in [-0.25, -0.2) is 0 Å². The molecule has 0 aliphatic rings. The van der Waals surface area contributed by atoms with Gasteiger partial charge in [0.05, 0.1) is 6.61 Å². The molecule has 3 unspecified atom stereocenters. The van der Waals surface area contributed by atoms with E-state index in [4.69, 9.17) is 26.0 Å². The van der Waals surface area contributed by atoms with Crippen molar-refractivity contribution in [1.82, 2.24) is 0 Å². The highest BCUT2D eigenvalue weighted by molar-refractivity contribution is 5.62. The number of aliphatic hydroxyl groups excluding tert-OH is 3. The van der Waals surface area contributed by atoms with Gasteiger partial charge in [0.1, 0.15) is 12.2 Å². The van der Waals surface area contributed by atoms with E-state index in [9.17, 15) is 4.79 Å². The molecule has 0 radical (unpaired) electrons. The summed E-state index contributed by atoms with van der Waals surface area (Å²) in [5.74, 6) is 0. The second kappa shape index (κ2) is 4.75. The molecule has 0 spiro atoms. The van der Waals surface area contributed by atoms with Gasteiger partial charge in [-0.3, -0.25) is 4.79 Å². The maximum absolute atomic E-state index is 10.2. The summed E-state index contributed by atoms with van der Waals surface area (Å²) < 4.78 is 0. The van der Waals surface area contributed by atoms with E-state index in [1.165, 1.54) is 0 Å². The Morgan fingerprint density at radius 2 is 2.15 bits per heavy atom. The van der Waals surface area contributed by atoms with Gasteiger partial charge in [-0.2, -0.15) is 0 Å².